The van der Waals surface area contributed by atoms with Crippen LogP contribution in [0.5, 0.6) is 0 Å². The molecule has 7 nitrogen and oxygen atoms in total. The third-order valence-electron chi connectivity index (χ3n) is 5.67. The molecule has 1 aliphatic rings. The number of hydrogen-bond acceptors (Lipinski definition) is 3. The molecule has 2 atom stereocenters. The zero-order chi connectivity index (χ0) is 21.0. The van der Waals surface area contributed by atoms with Crippen molar-refractivity contribution in [3.63, 3.8) is 0 Å². The Morgan fingerprint density at radius 2 is 1.93 bits per heavy atom. The molecule has 0 radical (unpaired) electrons. The number of rotatable bonds is 5. The molecule has 0 spiro atoms. The predicted octanol–water partition coefficient (Wildman–Crippen LogP) is 3.08. The van der Waals surface area contributed by atoms with Crippen LogP contribution in [0.2, 0.25) is 0 Å². The number of piperidine rings is 1. The molecule has 2 aromatic rings. The largest absolute Gasteiger partial charge is 0.338 e. The topological polar surface area (TPSA) is 79.3 Å². The van der Waals surface area contributed by atoms with Crippen molar-refractivity contribution in [2.75, 3.05) is 6.54 Å². The summed E-state index contributed by atoms with van der Waals surface area (Å²) in [6, 6.07) is 9.24. The molecule has 1 saturated heterocycles. The second-order valence-corrected chi connectivity index (χ2v) is 7.82. The van der Waals surface area contributed by atoms with Gasteiger partial charge in [-0.3, -0.25) is 4.79 Å². The molecule has 0 aliphatic carbocycles. The van der Waals surface area contributed by atoms with E-state index in [0.29, 0.717) is 6.54 Å². The standard InChI is InChI=1S/C22H31N5O2/c1-15-10-8-9-13-26(15)21(28)17(3)24-22(29)23-14-20-16(2)25-27(18(20)4)19-11-6-5-7-12-19/h5-7,11-12,15,17H,8-10,13-14H2,1-4H3,(H2,23,24,29). The lowest BCUT2D eigenvalue weighted by Crippen LogP contribution is -2.53. The van der Waals surface area contributed by atoms with E-state index >= 15 is 0 Å². The number of nitrogens with one attached hydrogen (secondary N) is 2. The van der Waals surface area contributed by atoms with Gasteiger partial charge in [-0.25, -0.2) is 9.48 Å². The summed E-state index contributed by atoms with van der Waals surface area (Å²) in [7, 11) is 0. The van der Waals surface area contributed by atoms with E-state index in [1.54, 1.807) is 6.92 Å². The van der Waals surface area contributed by atoms with Gasteiger partial charge >= 0.3 is 6.03 Å². The number of aryl methyl sites for hydroxylation is 1. The first-order chi connectivity index (χ1) is 13.9. The minimum absolute atomic E-state index is 0.0170. The Balaban J connectivity index is 1.58. The summed E-state index contributed by atoms with van der Waals surface area (Å²) in [6.07, 6.45) is 3.20. The molecule has 7 heteroatoms. The zero-order valence-electron chi connectivity index (χ0n) is 17.7. The van der Waals surface area contributed by atoms with Gasteiger partial charge in [-0.15, -0.1) is 0 Å². The van der Waals surface area contributed by atoms with Gasteiger partial charge in [0.25, 0.3) is 0 Å². The van der Waals surface area contributed by atoms with Crippen LogP contribution in [0.25, 0.3) is 5.69 Å². The normalized spacial score (nSPS) is 17.7. The molecule has 3 amide bonds. The fourth-order valence-electron chi connectivity index (χ4n) is 3.90. The highest BCUT2D eigenvalue weighted by molar-refractivity contribution is 5.87. The van der Waals surface area contributed by atoms with Crippen LogP contribution in [0, 0.1) is 13.8 Å². The van der Waals surface area contributed by atoms with Crippen molar-refractivity contribution in [1.29, 1.82) is 0 Å². The Morgan fingerprint density at radius 3 is 2.62 bits per heavy atom. The van der Waals surface area contributed by atoms with Crippen molar-refractivity contribution in [2.45, 2.75) is 65.6 Å². The average molecular weight is 398 g/mol. The second-order valence-electron chi connectivity index (χ2n) is 7.82. The van der Waals surface area contributed by atoms with Gasteiger partial charge in [-0.2, -0.15) is 5.10 Å². The summed E-state index contributed by atoms with van der Waals surface area (Å²) in [6.45, 7) is 8.87. The van der Waals surface area contributed by atoms with Gasteiger partial charge in [0.2, 0.25) is 5.91 Å². The van der Waals surface area contributed by atoms with Crippen molar-refractivity contribution < 1.29 is 9.59 Å². The van der Waals surface area contributed by atoms with Crippen LogP contribution in [0.4, 0.5) is 4.79 Å². The van der Waals surface area contributed by atoms with Crippen LogP contribution < -0.4 is 10.6 Å². The molecular formula is C22H31N5O2. The van der Waals surface area contributed by atoms with Crippen LogP contribution in [0.15, 0.2) is 30.3 Å². The highest BCUT2D eigenvalue weighted by atomic mass is 16.2. The zero-order valence-corrected chi connectivity index (χ0v) is 17.7. The lowest BCUT2D eigenvalue weighted by atomic mass is 10.0. The van der Waals surface area contributed by atoms with Crippen LogP contribution in [-0.2, 0) is 11.3 Å². The first kappa shape index (κ1) is 20.9. The molecular weight excluding hydrogens is 366 g/mol. The highest BCUT2D eigenvalue weighted by Crippen LogP contribution is 2.18. The van der Waals surface area contributed by atoms with Gasteiger partial charge < -0.3 is 15.5 Å². The highest BCUT2D eigenvalue weighted by Gasteiger charge is 2.27. The van der Waals surface area contributed by atoms with E-state index in [4.69, 9.17) is 0 Å². The first-order valence-electron chi connectivity index (χ1n) is 10.3. The van der Waals surface area contributed by atoms with Crippen LogP contribution in [0.3, 0.4) is 0 Å². The van der Waals surface area contributed by atoms with Gasteiger partial charge in [-0.05, 0) is 59.1 Å². The van der Waals surface area contributed by atoms with Gasteiger partial charge in [-0.1, -0.05) is 18.2 Å². The van der Waals surface area contributed by atoms with E-state index in [2.05, 4.69) is 22.7 Å². The number of carbonyl (C=O) groups excluding carboxylic acids is 2. The molecule has 156 valence electrons. The van der Waals surface area contributed by atoms with Gasteiger partial charge in [0.15, 0.2) is 0 Å². The SMILES string of the molecule is Cc1nn(-c2ccccc2)c(C)c1CNC(=O)NC(C)C(=O)N1CCCCC1C. The first-order valence-corrected chi connectivity index (χ1v) is 10.3. The molecule has 1 fully saturated rings. The van der Waals surface area contributed by atoms with Crippen molar-refractivity contribution in [3.8, 4) is 5.69 Å². The molecule has 29 heavy (non-hydrogen) atoms. The maximum atomic E-state index is 12.7. The van der Waals surface area contributed by atoms with E-state index in [-0.39, 0.29) is 18.0 Å². The molecule has 3 rings (SSSR count). The Hall–Kier alpha value is -2.83. The minimum atomic E-state index is -0.551. The number of urea groups is 1. The predicted molar refractivity (Wildman–Crippen MR) is 113 cm³/mol. The third-order valence-corrected chi connectivity index (χ3v) is 5.67. The molecule has 0 bridgehead atoms. The average Bonchev–Trinajstić information content (AvgIpc) is 3.00. The third kappa shape index (κ3) is 4.78. The Kier molecular flexibility index (Phi) is 6.56. The van der Waals surface area contributed by atoms with Crippen LogP contribution in [0.1, 0.15) is 50.1 Å². The number of aromatic nitrogens is 2. The van der Waals surface area contributed by atoms with Crippen molar-refractivity contribution in [1.82, 2.24) is 25.3 Å². The van der Waals surface area contributed by atoms with Gasteiger partial charge in [0, 0.05) is 30.4 Å². The van der Waals surface area contributed by atoms with E-state index in [9.17, 15) is 9.59 Å². The fraction of sp³-hybridized carbons (Fsp3) is 0.500. The van der Waals surface area contributed by atoms with Crippen LogP contribution in [-0.4, -0.2) is 45.2 Å². The Bertz CT molecular complexity index is 862. The van der Waals surface area contributed by atoms with Crippen molar-refractivity contribution >= 4 is 11.9 Å². The Labute approximate surface area is 172 Å². The van der Waals surface area contributed by atoms with Crippen molar-refractivity contribution in [2.24, 2.45) is 0 Å². The summed E-state index contributed by atoms with van der Waals surface area (Å²) in [5.74, 6) is -0.0170. The summed E-state index contributed by atoms with van der Waals surface area (Å²) < 4.78 is 1.88. The molecule has 1 aromatic carbocycles. The van der Waals surface area contributed by atoms with Crippen molar-refractivity contribution in [3.05, 3.63) is 47.3 Å². The summed E-state index contributed by atoms with van der Waals surface area (Å²) in [5.41, 5.74) is 3.82. The summed E-state index contributed by atoms with van der Waals surface area (Å²) in [5, 5.41) is 10.2. The number of nitrogens with zero attached hydrogens (tertiary/aromatic N) is 3. The number of hydrogen-bond donors (Lipinski definition) is 2. The number of benzene rings is 1. The van der Waals surface area contributed by atoms with Gasteiger partial charge in [0.05, 0.1) is 11.4 Å². The smallest absolute Gasteiger partial charge is 0.315 e. The fourth-order valence-corrected chi connectivity index (χ4v) is 3.90. The number of carbonyl (C=O) groups is 2. The summed E-state index contributed by atoms with van der Waals surface area (Å²) >= 11 is 0. The number of likely N-dealkylation sites (tertiary alicyclic amines) is 1. The molecule has 1 aliphatic heterocycles. The molecule has 2 N–H and O–H groups in total. The summed E-state index contributed by atoms with van der Waals surface area (Å²) in [4.78, 5) is 26.9. The number of para-hydroxylation sites is 1. The lowest BCUT2D eigenvalue weighted by molar-refractivity contribution is -0.136. The maximum absolute atomic E-state index is 12.7. The monoisotopic (exact) mass is 397 g/mol. The maximum Gasteiger partial charge on any atom is 0.315 e. The lowest BCUT2D eigenvalue weighted by Gasteiger charge is -2.35. The quantitative estimate of drug-likeness (QED) is 0.814. The molecule has 0 saturated carbocycles. The Morgan fingerprint density at radius 1 is 1.21 bits per heavy atom. The molecule has 2 heterocycles. The van der Waals surface area contributed by atoms with E-state index in [0.717, 1.165) is 48.4 Å². The minimum Gasteiger partial charge on any atom is -0.338 e. The number of amides is 3. The van der Waals surface area contributed by atoms with Gasteiger partial charge in [0.1, 0.15) is 6.04 Å². The van der Waals surface area contributed by atoms with E-state index in [1.807, 2.05) is 53.8 Å². The second kappa shape index (κ2) is 9.11. The van der Waals surface area contributed by atoms with Crippen LogP contribution >= 0.6 is 0 Å². The molecule has 2 unspecified atom stereocenters. The molecule has 1 aromatic heterocycles. The van der Waals surface area contributed by atoms with E-state index in [1.165, 1.54) is 0 Å². The van der Waals surface area contributed by atoms with E-state index < -0.39 is 6.04 Å².